The molecule has 19 heavy (non-hydrogen) atoms. The molecular formula is H22N5O11P3. The van der Waals surface area contributed by atoms with E-state index in [2.05, 4.69) is 8.62 Å². The summed E-state index contributed by atoms with van der Waals surface area (Å²) in [7, 11) is -17.9. The zero-order valence-corrected chi connectivity index (χ0v) is 13.6. The molecule has 0 amide bonds. The van der Waals surface area contributed by atoms with Crippen molar-refractivity contribution in [2.45, 2.75) is 0 Å². The Balaban J connectivity index is -0.0000000480. The van der Waals surface area contributed by atoms with Crippen molar-refractivity contribution in [3.05, 3.63) is 0 Å². The van der Waals surface area contributed by atoms with Crippen LogP contribution in [0.3, 0.4) is 0 Å². The lowest BCUT2D eigenvalue weighted by molar-refractivity contribution is -0.345. The highest BCUT2D eigenvalue weighted by molar-refractivity contribution is 7.64. The minimum atomic E-state index is -5.97. The number of hydrogen-bond acceptors (Lipinski definition) is 10. The first-order valence-electron chi connectivity index (χ1n) is 2.19. The van der Waals surface area contributed by atoms with Gasteiger partial charge in [0, 0.05) is 0 Å². The molecule has 22 N–H and O–H groups in total. The van der Waals surface area contributed by atoms with Crippen molar-refractivity contribution in [3.8, 4) is 0 Å². The molecule has 0 spiro atoms. The number of rotatable bonds is 4. The SMILES string of the molecule is O.O=P([O-])([O-])OP(=O)([O-])OP(=O)([O-])[O-].[NH4+].[NH4+].[NH4+].[NH4+].[NH4+]. The van der Waals surface area contributed by atoms with E-state index in [-0.39, 0.29) is 36.2 Å². The Hall–Kier alpha value is 0.170. The number of hydrogen-bond donors (Lipinski definition) is 5. The highest BCUT2D eigenvalue weighted by atomic mass is 31.3. The summed E-state index contributed by atoms with van der Waals surface area (Å²) in [6.07, 6.45) is 0. The molecule has 0 aromatic carbocycles. The summed E-state index contributed by atoms with van der Waals surface area (Å²) < 4.78 is 34.7. The van der Waals surface area contributed by atoms with Gasteiger partial charge in [0.2, 0.25) is 0 Å². The van der Waals surface area contributed by atoms with Crippen molar-refractivity contribution in [3.63, 3.8) is 0 Å². The molecule has 128 valence electrons. The van der Waals surface area contributed by atoms with Gasteiger partial charge in [0.05, 0.1) is 15.6 Å². The van der Waals surface area contributed by atoms with E-state index in [0.29, 0.717) is 0 Å². The van der Waals surface area contributed by atoms with Gasteiger partial charge in [-0.05, 0) is 0 Å². The molecule has 0 aliphatic heterocycles. The summed E-state index contributed by atoms with van der Waals surface area (Å²) in [6, 6.07) is 0. The van der Waals surface area contributed by atoms with Gasteiger partial charge in [-0.2, -0.15) is 0 Å². The van der Waals surface area contributed by atoms with Crippen LogP contribution in [0.25, 0.3) is 0 Å². The maximum atomic E-state index is 10.1. The molecule has 0 bridgehead atoms. The van der Waals surface area contributed by atoms with Crippen LogP contribution in [-0.4, -0.2) is 5.48 Å². The van der Waals surface area contributed by atoms with Gasteiger partial charge >= 0.3 is 0 Å². The van der Waals surface area contributed by atoms with Gasteiger partial charge in [0.25, 0.3) is 7.82 Å². The summed E-state index contributed by atoms with van der Waals surface area (Å²) in [6.45, 7) is 0. The fourth-order valence-corrected chi connectivity index (χ4v) is 2.61. The Kier molecular flexibility index (Phi) is 29.6. The molecule has 0 aliphatic rings. The number of quaternary nitrogens is 5. The largest absolute Gasteiger partial charge is 0.790 e. The molecule has 0 aliphatic carbocycles. The molecule has 0 saturated heterocycles. The average molecular weight is 361 g/mol. The van der Waals surface area contributed by atoms with Crippen LogP contribution < -0.4 is 55.2 Å². The quantitative estimate of drug-likeness (QED) is 0.320. The lowest BCUT2D eigenvalue weighted by atomic mass is 14.0. The summed E-state index contributed by atoms with van der Waals surface area (Å²) in [4.78, 5) is 48.6. The van der Waals surface area contributed by atoms with Crippen molar-refractivity contribution in [1.29, 1.82) is 0 Å². The molecule has 0 atom stereocenters. The monoisotopic (exact) mass is 361 g/mol. The zero-order chi connectivity index (χ0) is 10.9. The van der Waals surface area contributed by atoms with E-state index in [1.54, 1.807) is 0 Å². The van der Waals surface area contributed by atoms with Crippen LogP contribution >= 0.6 is 23.5 Å². The molecule has 0 saturated carbocycles. The Morgan fingerprint density at radius 2 is 0.737 bits per heavy atom. The normalized spacial score (nSPS) is 9.95. The van der Waals surface area contributed by atoms with Crippen molar-refractivity contribution in [1.82, 2.24) is 30.8 Å². The first-order chi connectivity index (χ1) is 5.41. The maximum Gasteiger partial charge on any atom is 0.275 e. The van der Waals surface area contributed by atoms with Crippen molar-refractivity contribution in [2.24, 2.45) is 0 Å². The molecule has 19 heteroatoms. The second kappa shape index (κ2) is 13.2. The van der Waals surface area contributed by atoms with E-state index in [0.717, 1.165) is 0 Å². The van der Waals surface area contributed by atoms with E-state index in [1.807, 2.05) is 0 Å². The predicted octanol–water partition coefficient (Wildman–Crippen LogP) is -2.80. The average Bonchev–Trinajstić information content (AvgIpc) is 1.43. The van der Waals surface area contributed by atoms with Crippen LogP contribution in [0.5, 0.6) is 0 Å². The first kappa shape index (κ1) is 42.7. The number of phosphoric acid groups is 3. The molecule has 0 unspecified atom stereocenters. The third-order valence-electron chi connectivity index (χ3n) is 0.400. The Morgan fingerprint density at radius 1 is 0.579 bits per heavy atom. The van der Waals surface area contributed by atoms with Crippen LogP contribution in [0, 0.1) is 0 Å². The molecule has 0 radical (unpaired) electrons. The minimum absolute atomic E-state index is 0. The van der Waals surface area contributed by atoms with Gasteiger partial charge in [-0.3, -0.25) is 13.2 Å². The smallest absolute Gasteiger partial charge is 0.275 e. The highest BCUT2D eigenvalue weighted by Gasteiger charge is 2.13. The second-order valence-electron chi connectivity index (χ2n) is 1.50. The van der Waals surface area contributed by atoms with E-state index < -0.39 is 23.5 Å². The van der Waals surface area contributed by atoms with E-state index in [4.69, 9.17) is 0 Å². The topological polar surface area (TPSA) is 399 Å². The zero-order valence-electron chi connectivity index (χ0n) is 10.9. The van der Waals surface area contributed by atoms with E-state index in [9.17, 15) is 38.2 Å². The van der Waals surface area contributed by atoms with E-state index in [1.165, 1.54) is 0 Å². The van der Waals surface area contributed by atoms with Crippen LogP contribution in [-0.2, 0) is 22.3 Å². The minimum Gasteiger partial charge on any atom is -0.790 e. The lowest BCUT2D eigenvalue weighted by Crippen LogP contribution is -2.22. The summed E-state index contributed by atoms with van der Waals surface area (Å²) >= 11 is 0. The second-order valence-corrected chi connectivity index (χ2v) is 5.49. The Bertz CT molecular complexity index is 288. The summed E-state index contributed by atoms with van der Waals surface area (Å²) in [5.41, 5.74) is 0. The molecule has 16 nitrogen and oxygen atoms in total. The van der Waals surface area contributed by atoms with Gasteiger partial charge in [-0.15, -0.1) is 0 Å². The summed E-state index contributed by atoms with van der Waals surface area (Å²) in [5, 5.41) is 0. The van der Waals surface area contributed by atoms with Crippen LogP contribution in [0.2, 0.25) is 0 Å². The standard InChI is InChI=1S/5H3N.H5O10P3.H2O/c;;;;;1-11(2,3)9-13(7,8)10-12(4,5)6;/h5*1H3;(H,7,8)(H2,1,2,3)(H2,4,5,6);1H2. The van der Waals surface area contributed by atoms with Gasteiger partial charge in [-0.25, -0.2) is 0 Å². The van der Waals surface area contributed by atoms with Gasteiger partial charge in [-0.1, -0.05) is 0 Å². The van der Waals surface area contributed by atoms with Gasteiger partial charge in [0.1, 0.15) is 0 Å². The molecule has 0 heterocycles. The van der Waals surface area contributed by atoms with Gasteiger partial charge in [0.15, 0.2) is 0 Å². The van der Waals surface area contributed by atoms with Crippen molar-refractivity contribution in [2.75, 3.05) is 0 Å². The fourth-order valence-electron chi connectivity index (χ4n) is 0.260. The van der Waals surface area contributed by atoms with E-state index >= 15 is 0 Å². The molecule has 0 aromatic rings. The maximum absolute atomic E-state index is 10.1. The predicted molar refractivity (Wildman–Crippen MR) is 58.5 cm³/mol. The van der Waals surface area contributed by atoms with Crippen molar-refractivity contribution < 1.29 is 52.3 Å². The van der Waals surface area contributed by atoms with Crippen molar-refractivity contribution >= 4 is 23.5 Å². The molecule has 0 fully saturated rings. The van der Waals surface area contributed by atoms with Gasteiger partial charge < -0.3 is 69.8 Å². The Labute approximate surface area is 107 Å². The Morgan fingerprint density at radius 3 is 0.842 bits per heavy atom. The summed E-state index contributed by atoms with van der Waals surface area (Å²) in [5.74, 6) is 0. The third-order valence-corrected chi connectivity index (χ3v) is 3.60. The third kappa shape index (κ3) is 32.1. The first-order valence-corrected chi connectivity index (χ1v) is 6.57. The fraction of sp³-hybridized carbons (Fsp3) is 0. The molecule has 0 aromatic heterocycles. The lowest BCUT2D eigenvalue weighted by Gasteiger charge is -2.40. The molecular weight excluding hydrogens is 339 g/mol. The highest BCUT2D eigenvalue weighted by Crippen LogP contribution is 2.57. The van der Waals surface area contributed by atoms with Crippen LogP contribution in [0.1, 0.15) is 0 Å². The van der Waals surface area contributed by atoms with Crippen LogP contribution in [0.15, 0.2) is 0 Å². The van der Waals surface area contributed by atoms with Crippen LogP contribution in [0.4, 0.5) is 0 Å². The molecule has 0 rings (SSSR count).